The average Bonchev–Trinajstić information content (AvgIpc) is 3.70. The molecule has 0 saturated carbocycles. The normalized spacial score (nSPS) is 14.9. The number of hydrogen-bond acceptors (Lipinski definition) is 15. The number of phosphoric acid groups is 2. The Balaban J connectivity index is 5.20. The quantitative estimate of drug-likeness (QED) is 0.0222. The molecule has 0 heterocycles. The molecule has 0 aliphatic rings. The van der Waals surface area contributed by atoms with Crippen molar-refractivity contribution in [1.82, 2.24) is 0 Å². The first-order valence-corrected chi connectivity index (χ1v) is 38.8. The van der Waals surface area contributed by atoms with Crippen LogP contribution in [0.1, 0.15) is 338 Å². The van der Waals surface area contributed by atoms with Crippen molar-refractivity contribution in [3.05, 3.63) is 0 Å². The molecule has 7 atom stereocenters. The fraction of sp³-hybridized carbons (Fsp3) is 0.942. The van der Waals surface area contributed by atoms with E-state index >= 15 is 0 Å². The largest absolute Gasteiger partial charge is 0.472 e. The molecular weight excluding hydrogens is 1160 g/mol. The fourth-order valence-electron chi connectivity index (χ4n) is 10.2. The fourth-order valence-corrected chi connectivity index (χ4v) is 11.8. The van der Waals surface area contributed by atoms with E-state index in [4.69, 9.17) is 37.0 Å². The molecule has 88 heavy (non-hydrogen) atoms. The Hall–Kier alpha value is -1.94. The highest BCUT2D eigenvalue weighted by Crippen LogP contribution is 2.45. The van der Waals surface area contributed by atoms with Gasteiger partial charge in [0.2, 0.25) is 0 Å². The Morgan fingerprint density at radius 2 is 0.545 bits per heavy atom. The van der Waals surface area contributed by atoms with Gasteiger partial charge in [-0.05, 0) is 49.4 Å². The zero-order chi connectivity index (χ0) is 65.4. The van der Waals surface area contributed by atoms with Gasteiger partial charge in [-0.25, -0.2) is 9.13 Å². The highest BCUT2D eigenvalue weighted by atomic mass is 31.2. The maximum absolute atomic E-state index is 13.0. The molecule has 0 spiro atoms. The van der Waals surface area contributed by atoms with Crippen molar-refractivity contribution >= 4 is 39.5 Å². The number of unbranched alkanes of at least 4 members (excludes halogenated alkanes) is 30. The van der Waals surface area contributed by atoms with Crippen LogP contribution in [0.4, 0.5) is 0 Å². The smallest absolute Gasteiger partial charge is 0.462 e. The first kappa shape index (κ1) is 86.1. The van der Waals surface area contributed by atoms with Crippen LogP contribution >= 0.6 is 15.6 Å². The van der Waals surface area contributed by atoms with E-state index in [0.29, 0.717) is 37.5 Å². The third-order valence-electron chi connectivity index (χ3n) is 16.5. The molecule has 19 heteroatoms. The molecule has 0 radical (unpaired) electrons. The van der Waals surface area contributed by atoms with Crippen molar-refractivity contribution in [2.75, 3.05) is 39.6 Å². The molecule has 0 fully saturated rings. The molecule has 0 aromatic heterocycles. The van der Waals surface area contributed by atoms with E-state index in [0.717, 1.165) is 108 Å². The summed E-state index contributed by atoms with van der Waals surface area (Å²) >= 11 is 0. The van der Waals surface area contributed by atoms with Crippen molar-refractivity contribution in [2.45, 2.75) is 356 Å². The summed E-state index contributed by atoms with van der Waals surface area (Å²) in [6, 6.07) is 0. The van der Waals surface area contributed by atoms with Gasteiger partial charge in [0.25, 0.3) is 0 Å². The zero-order valence-electron chi connectivity index (χ0n) is 57.3. The van der Waals surface area contributed by atoms with Gasteiger partial charge in [0.15, 0.2) is 12.2 Å². The minimum Gasteiger partial charge on any atom is -0.462 e. The topological polar surface area (TPSA) is 237 Å². The molecule has 0 amide bonds. The van der Waals surface area contributed by atoms with Gasteiger partial charge in [0.05, 0.1) is 26.4 Å². The van der Waals surface area contributed by atoms with Gasteiger partial charge in [-0.2, -0.15) is 0 Å². The molecule has 0 aliphatic carbocycles. The molecule has 0 aromatic carbocycles. The van der Waals surface area contributed by atoms with Crippen LogP contribution < -0.4 is 0 Å². The third-order valence-corrected chi connectivity index (χ3v) is 18.4. The SMILES string of the molecule is CCC(C)CCCCCCCCCCCCCCCCC(=O)OC[C@H](COP(=O)(O)OC[C@@H](O)COP(=O)(O)OC[C@@H](COC(=O)CCCCCCCCC(C)C)OC(=O)CCCCCCCCC(C)C)OC(=O)CCCCCCCCCCC(C)CC. The second-order valence-electron chi connectivity index (χ2n) is 26.4. The highest BCUT2D eigenvalue weighted by Gasteiger charge is 2.30. The highest BCUT2D eigenvalue weighted by molar-refractivity contribution is 7.47. The standard InChI is InChI=1S/C69H134O17P2/c1-9-61(7)47-39-31-21-17-15-13-11-12-14-16-18-23-33-41-49-66(71)79-55-64(85-68(73)51-43-35-24-20-19-22-32-40-48-62(8)10-2)57-83-87(75,76)81-53-63(70)54-82-88(77,78)84-58-65(86-69(74)52-44-36-28-26-30-38-46-60(5)6)56-80-67(72)50-42-34-27-25-29-37-45-59(3)4/h59-65,70H,9-58H2,1-8H3,(H,75,76)(H,77,78)/t61?,62?,63-,64-,65-/m1/s1. The Kier molecular flexibility index (Phi) is 57.6. The maximum Gasteiger partial charge on any atom is 0.472 e. The number of phosphoric ester groups is 2. The van der Waals surface area contributed by atoms with Gasteiger partial charge >= 0.3 is 39.5 Å². The van der Waals surface area contributed by atoms with Crippen LogP contribution in [0.5, 0.6) is 0 Å². The lowest BCUT2D eigenvalue weighted by atomic mass is 9.99. The monoisotopic (exact) mass is 1300 g/mol. The number of aliphatic hydroxyl groups excluding tert-OH is 1. The van der Waals surface area contributed by atoms with Crippen LogP contribution in [0, 0.1) is 23.7 Å². The summed E-state index contributed by atoms with van der Waals surface area (Å²) in [5.74, 6) is 0.830. The molecule has 4 unspecified atom stereocenters. The van der Waals surface area contributed by atoms with Crippen LogP contribution in [0.15, 0.2) is 0 Å². The number of carbonyl (C=O) groups is 4. The summed E-state index contributed by atoms with van der Waals surface area (Å²) in [5, 5.41) is 10.6. The van der Waals surface area contributed by atoms with Crippen molar-refractivity contribution in [2.24, 2.45) is 23.7 Å². The summed E-state index contributed by atoms with van der Waals surface area (Å²) in [4.78, 5) is 72.4. The lowest BCUT2D eigenvalue weighted by Gasteiger charge is -2.21. The average molecular weight is 1300 g/mol. The Morgan fingerprint density at radius 1 is 0.318 bits per heavy atom. The molecule has 0 rings (SSSR count). The van der Waals surface area contributed by atoms with Crippen molar-refractivity contribution < 1.29 is 80.2 Å². The van der Waals surface area contributed by atoms with Crippen LogP contribution in [0.25, 0.3) is 0 Å². The zero-order valence-corrected chi connectivity index (χ0v) is 59.1. The third kappa shape index (κ3) is 60.3. The van der Waals surface area contributed by atoms with Crippen molar-refractivity contribution in [3.63, 3.8) is 0 Å². The minimum atomic E-state index is -4.95. The molecule has 522 valence electrons. The number of esters is 4. The summed E-state index contributed by atoms with van der Waals surface area (Å²) in [7, 11) is -9.90. The summed E-state index contributed by atoms with van der Waals surface area (Å²) in [6.45, 7) is 14.0. The van der Waals surface area contributed by atoms with Crippen LogP contribution in [0.2, 0.25) is 0 Å². The van der Waals surface area contributed by atoms with Gasteiger partial charge in [0.1, 0.15) is 19.3 Å². The van der Waals surface area contributed by atoms with Gasteiger partial charge in [-0.1, -0.05) is 287 Å². The molecular formula is C69H134O17P2. The van der Waals surface area contributed by atoms with Gasteiger partial charge in [-0.15, -0.1) is 0 Å². The lowest BCUT2D eigenvalue weighted by Crippen LogP contribution is -2.30. The predicted molar refractivity (Wildman–Crippen MR) is 354 cm³/mol. The maximum atomic E-state index is 13.0. The van der Waals surface area contributed by atoms with E-state index in [-0.39, 0.29) is 25.7 Å². The summed E-state index contributed by atoms with van der Waals surface area (Å²) < 4.78 is 68.1. The predicted octanol–water partition coefficient (Wildman–Crippen LogP) is 19.3. The number of rotatable bonds is 66. The summed E-state index contributed by atoms with van der Waals surface area (Å²) in [6.07, 6.45) is 40.6. The molecule has 17 nitrogen and oxygen atoms in total. The number of aliphatic hydroxyl groups is 1. The van der Waals surface area contributed by atoms with Crippen molar-refractivity contribution in [3.8, 4) is 0 Å². The van der Waals surface area contributed by atoms with E-state index in [9.17, 15) is 43.2 Å². The van der Waals surface area contributed by atoms with Crippen molar-refractivity contribution in [1.29, 1.82) is 0 Å². The Bertz CT molecular complexity index is 1750. The second kappa shape index (κ2) is 58.8. The van der Waals surface area contributed by atoms with Gasteiger partial charge in [0, 0.05) is 25.7 Å². The van der Waals surface area contributed by atoms with Gasteiger partial charge < -0.3 is 33.8 Å². The number of hydrogen-bond donors (Lipinski definition) is 3. The van der Waals surface area contributed by atoms with Gasteiger partial charge in [-0.3, -0.25) is 37.3 Å². The number of carbonyl (C=O) groups excluding carboxylic acids is 4. The molecule has 3 N–H and O–H groups in total. The van der Waals surface area contributed by atoms with E-state index < -0.39 is 97.5 Å². The van der Waals surface area contributed by atoms with E-state index in [2.05, 4.69) is 55.4 Å². The Labute approximate surface area is 537 Å². The summed E-state index contributed by atoms with van der Waals surface area (Å²) in [5.41, 5.74) is 0. The van der Waals surface area contributed by atoms with Crippen LogP contribution in [-0.4, -0.2) is 96.7 Å². The molecule has 0 saturated heterocycles. The Morgan fingerprint density at radius 3 is 0.807 bits per heavy atom. The minimum absolute atomic E-state index is 0.100. The van der Waals surface area contributed by atoms with Crippen LogP contribution in [0.3, 0.4) is 0 Å². The second-order valence-corrected chi connectivity index (χ2v) is 29.3. The first-order chi connectivity index (χ1) is 42.2. The van der Waals surface area contributed by atoms with Crippen LogP contribution in [-0.2, 0) is 65.4 Å². The van der Waals surface area contributed by atoms with E-state index in [1.807, 2.05) is 0 Å². The molecule has 0 aromatic rings. The first-order valence-electron chi connectivity index (χ1n) is 35.8. The lowest BCUT2D eigenvalue weighted by molar-refractivity contribution is -0.161. The molecule has 0 aliphatic heterocycles. The molecule has 0 bridgehead atoms. The van der Waals surface area contributed by atoms with E-state index in [1.54, 1.807) is 0 Å². The number of ether oxygens (including phenoxy) is 4. The van der Waals surface area contributed by atoms with E-state index in [1.165, 1.54) is 135 Å².